The zero-order valence-electron chi connectivity index (χ0n) is 15.1. The van der Waals surface area contributed by atoms with Gasteiger partial charge in [0.15, 0.2) is 0 Å². The van der Waals surface area contributed by atoms with Gasteiger partial charge in [0, 0.05) is 0 Å². The van der Waals surface area contributed by atoms with Crippen molar-refractivity contribution in [2.75, 3.05) is 19.0 Å². The van der Waals surface area contributed by atoms with Gasteiger partial charge in [0.05, 0.1) is 0 Å². The summed E-state index contributed by atoms with van der Waals surface area (Å²) in [6, 6.07) is 21.9. The normalized spacial score (nSPS) is 11.2. The molecule has 0 saturated heterocycles. The van der Waals surface area contributed by atoms with Crippen LogP contribution in [0.5, 0.6) is 0 Å². The molecule has 4 heteroatoms. The van der Waals surface area contributed by atoms with Gasteiger partial charge in [-0.1, -0.05) is 0 Å². The van der Waals surface area contributed by atoms with Crippen molar-refractivity contribution in [1.82, 2.24) is 0 Å². The summed E-state index contributed by atoms with van der Waals surface area (Å²) in [5.41, 5.74) is 3.82. The van der Waals surface area contributed by atoms with E-state index in [0.717, 1.165) is 0 Å². The van der Waals surface area contributed by atoms with Gasteiger partial charge in [0.2, 0.25) is 0 Å². The fourth-order valence-corrected chi connectivity index (χ4v) is 5.58. The van der Waals surface area contributed by atoms with E-state index in [1.165, 1.54) is 36.4 Å². The number of aryl methyl sites for hydroxylation is 1. The molecule has 26 heavy (non-hydrogen) atoms. The Morgan fingerprint density at radius 1 is 0.885 bits per heavy atom. The minimum Gasteiger partial charge on any atom is -1.00 e. The Morgan fingerprint density at radius 2 is 1.62 bits per heavy atom. The Kier molecular flexibility index (Phi) is 5.85. The maximum atomic E-state index is 2.34. The third-order valence-electron chi connectivity index (χ3n) is 4.59. The first-order valence-corrected chi connectivity index (χ1v) is 10.1. The Labute approximate surface area is 177 Å². The molecular formula is C22H21IN2Se. The molecule has 1 aromatic heterocycles. The average molecular weight is 519 g/mol. The molecule has 0 aliphatic carbocycles. The van der Waals surface area contributed by atoms with Gasteiger partial charge in [0.1, 0.15) is 0 Å². The second-order valence-electron chi connectivity index (χ2n) is 6.45. The number of rotatable bonds is 3. The third kappa shape index (κ3) is 3.59. The van der Waals surface area contributed by atoms with Crippen molar-refractivity contribution in [3.05, 3.63) is 70.8 Å². The summed E-state index contributed by atoms with van der Waals surface area (Å²) >= 11 is 0.338. The largest absolute Gasteiger partial charge is 1.00 e. The van der Waals surface area contributed by atoms with Gasteiger partial charge in [-0.2, -0.15) is 0 Å². The van der Waals surface area contributed by atoms with Crippen LogP contribution in [0, 0.1) is 0 Å². The molecule has 2 nitrogen and oxygen atoms in total. The van der Waals surface area contributed by atoms with Gasteiger partial charge < -0.3 is 24.0 Å². The maximum absolute atomic E-state index is 2.34. The predicted molar refractivity (Wildman–Crippen MR) is 109 cm³/mol. The molecule has 0 aliphatic rings. The summed E-state index contributed by atoms with van der Waals surface area (Å²) in [5, 5.41) is 2.73. The second kappa shape index (κ2) is 7.95. The van der Waals surface area contributed by atoms with Crippen molar-refractivity contribution >= 4 is 52.9 Å². The summed E-state index contributed by atoms with van der Waals surface area (Å²) in [7, 11) is 6.31. The van der Waals surface area contributed by atoms with E-state index in [4.69, 9.17) is 0 Å². The van der Waals surface area contributed by atoms with Gasteiger partial charge in [-0.25, -0.2) is 0 Å². The Balaban J connectivity index is 0.00000196. The number of anilines is 1. The summed E-state index contributed by atoms with van der Waals surface area (Å²) in [4.78, 5) is 2.12. The molecule has 0 amide bonds. The van der Waals surface area contributed by atoms with Crippen LogP contribution in [0.2, 0.25) is 0 Å². The molecule has 132 valence electrons. The van der Waals surface area contributed by atoms with Crippen molar-refractivity contribution in [3.8, 4) is 0 Å². The standard InChI is InChI=1S/C22H21N2Se.HI/c1-23(2)18-12-8-16(9-13-18)10-15-21-24(3)20-14-11-17-6-4-5-7-19(17)22(20)25-21;/h4-15H,1-3H3;1H/q+1;/p-1. The van der Waals surface area contributed by atoms with Crippen LogP contribution in [0.4, 0.5) is 5.69 Å². The molecule has 0 aliphatic heterocycles. The van der Waals surface area contributed by atoms with Crippen LogP contribution in [-0.2, 0) is 7.05 Å². The fourth-order valence-electron chi connectivity index (χ4n) is 3.09. The number of hydrogen-bond acceptors (Lipinski definition) is 1. The number of nitrogens with zero attached hydrogens (tertiary/aromatic N) is 2. The molecule has 0 radical (unpaired) electrons. The zero-order chi connectivity index (χ0) is 17.4. The van der Waals surface area contributed by atoms with Crippen LogP contribution in [0.25, 0.3) is 32.7 Å². The Morgan fingerprint density at radius 3 is 2.35 bits per heavy atom. The second-order valence-corrected chi connectivity index (χ2v) is 8.62. The Bertz CT molecular complexity index is 1080. The van der Waals surface area contributed by atoms with E-state index in [0.29, 0.717) is 14.5 Å². The molecule has 4 aromatic rings. The SMILES string of the molecule is CN(C)c1ccc(C=Cc2[se]c3c4ccccc4ccc3[n+]2C)cc1.[I-]. The van der Waals surface area contributed by atoms with Gasteiger partial charge in [-0.3, -0.25) is 0 Å². The van der Waals surface area contributed by atoms with E-state index in [2.05, 4.69) is 103 Å². The van der Waals surface area contributed by atoms with E-state index in [9.17, 15) is 0 Å². The first-order valence-electron chi connectivity index (χ1n) is 8.39. The molecular weight excluding hydrogens is 498 g/mol. The van der Waals surface area contributed by atoms with E-state index in [1.54, 1.807) is 0 Å². The number of halogens is 1. The number of hydrogen-bond donors (Lipinski definition) is 0. The average Bonchev–Trinajstić information content (AvgIpc) is 2.97. The summed E-state index contributed by atoms with van der Waals surface area (Å²) < 4.78 is 5.23. The maximum Gasteiger partial charge on any atom is -1.00 e. The molecule has 3 aromatic carbocycles. The van der Waals surface area contributed by atoms with E-state index in [1.807, 2.05) is 0 Å². The molecule has 0 spiro atoms. The minimum absolute atomic E-state index is 0. The van der Waals surface area contributed by atoms with Crippen molar-refractivity contribution < 1.29 is 28.5 Å². The molecule has 1 heterocycles. The topological polar surface area (TPSA) is 7.12 Å². The third-order valence-corrected chi connectivity index (χ3v) is 7.21. The minimum atomic E-state index is 0. The molecule has 0 N–H and O–H groups in total. The van der Waals surface area contributed by atoms with Gasteiger partial charge in [-0.15, -0.1) is 0 Å². The van der Waals surface area contributed by atoms with Crippen molar-refractivity contribution in [2.24, 2.45) is 7.05 Å². The van der Waals surface area contributed by atoms with Gasteiger partial charge in [-0.05, 0) is 0 Å². The van der Waals surface area contributed by atoms with Crippen molar-refractivity contribution in [3.63, 3.8) is 0 Å². The molecule has 4 rings (SSSR count). The van der Waals surface area contributed by atoms with Crippen LogP contribution >= 0.6 is 0 Å². The fraction of sp³-hybridized carbons (Fsp3) is 0.136. The predicted octanol–water partition coefficient (Wildman–Crippen LogP) is 1.11. The van der Waals surface area contributed by atoms with Gasteiger partial charge >= 0.3 is 154 Å². The van der Waals surface area contributed by atoms with E-state index >= 15 is 0 Å². The van der Waals surface area contributed by atoms with Crippen LogP contribution in [0.15, 0.2) is 60.7 Å². The van der Waals surface area contributed by atoms with E-state index in [-0.39, 0.29) is 24.0 Å². The quantitative estimate of drug-likeness (QED) is 0.224. The molecule has 0 saturated carbocycles. The zero-order valence-corrected chi connectivity index (χ0v) is 19.0. The molecule has 0 unspecified atom stereocenters. The monoisotopic (exact) mass is 520 g/mol. The van der Waals surface area contributed by atoms with Crippen molar-refractivity contribution in [2.45, 2.75) is 0 Å². The smallest absolute Gasteiger partial charge is 1.00 e. The van der Waals surface area contributed by atoms with Crippen LogP contribution in [0.1, 0.15) is 10.1 Å². The van der Waals surface area contributed by atoms with Crippen LogP contribution in [-0.4, -0.2) is 28.6 Å². The molecule has 0 bridgehead atoms. The van der Waals surface area contributed by atoms with Crippen molar-refractivity contribution in [1.29, 1.82) is 0 Å². The summed E-state index contributed by atoms with van der Waals surface area (Å²) in [6.45, 7) is 0. The Hall–Kier alpha value is -1.62. The molecule has 0 atom stereocenters. The molecule has 0 fully saturated rings. The van der Waals surface area contributed by atoms with Crippen LogP contribution < -0.4 is 33.4 Å². The van der Waals surface area contributed by atoms with E-state index < -0.39 is 0 Å². The number of benzene rings is 3. The first kappa shape index (κ1) is 19.1. The summed E-state index contributed by atoms with van der Waals surface area (Å²) in [5.74, 6) is 0. The first-order chi connectivity index (χ1) is 12.1. The number of aromatic nitrogens is 1. The van der Waals surface area contributed by atoms with Gasteiger partial charge in [0.25, 0.3) is 0 Å². The summed E-state index contributed by atoms with van der Waals surface area (Å²) in [6.07, 6.45) is 4.50. The number of fused-ring (bicyclic) bond motifs is 3. The van der Waals surface area contributed by atoms with Crippen LogP contribution in [0.3, 0.4) is 0 Å².